The molecule has 1 aromatic heterocycles. The van der Waals surface area contributed by atoms with Crippen LogP contribution in [0.25, 0.3) is 0 Å². The van der Waals surface area contributed by atoms with E-state index in [4.69, 9.17) is 9.26 Å². The van der Waals surface area contributed by atoms with Crippen LogP contribution in [0.5, 0.6) is 0 Å². The van der Waals surface area contributed by atoms with Gasteiger partial charge in [0.15, 0.2) is 5.82 Å². The summed E-state index contributed by atoms with van der Waals surface area (Å²) in [6.45, 7) is 1.95. The van der Waals surface area contributed by atoms with Crippen LogP contribution >= 0.6 is 0 Å². The fourth-order valence-electron chi connectivity index (χ4n) is 2.45. The second-order valence-electron chi connectivity index (χ2n) is 5.37. The highest BCUT2D eigenvalue weighted by atomic mass is 16.5. The Balaban J connectivity index is 1.50. The number of carbonyl (C=O) groups is 1. The van der Waals surface area contributed by atoms with E-state index >= 15 is 0 Å². The molecule has 0 unspecified atom stereocenters. The van der Waals surface area contributed by atoms with Crippen molar-refractivity contribution in [3.05, 3.63) is 47.6 Å². The molecule has 1 fully saturated rings. The maximum atomic E-state index is 11.9. The molecule has 0 bridgehead atoms. The molecule has 1 N–H and O–H groups in total. The summed E-state index contributed by atoms with van der Waals surface area (Å²) in [6.07, 6.45) is 1.92. The third kappa shape index (κ3) is 3.92. The Morgan fingerprint density at radius 1 is 1.23 bits per heavy atom. The minimum atomic E-state index is -0.108. The molecule has 0 saturated carbocycles. The standard InChI is InChI=1S/C16H19N3O3/c20-15(17-11-12-4-2-1-3-5-12)10-14-18-16(22-19-14)13-6-8-21-9-7-13/h1-5,13H,6-11H2,(H,17,20). The van der Waals surface area contributed by atoms with Gasteiger partial charge in [0, 0.05) is 25.7 Å². The lowest BCUT2D eigenvalue weighted by Gasteiger charge is -2.17. The van der Waals surface area contributed by atoms with Crippen LogP contribution < -0.4 is 5.32 Å². The van der Waals surface area contributed by atoms with Gasteiger partial charge >= 0.3 is 0 Å². The van der Waals surface area contributed by atoms with Crippen molar-refractivity contribution in [1.82, 2.24) is 15.5 Å². The highest BCUT2D eigenvalue weighted by Gasteiger charge is 2.22. The molecule has 3 rings (SSSR count). The number of rotatable bonds is 5. The van der Waals surface area contributed by atoms with Crippen LogP contribution in [-0.4, -0.2) is 29.3 Å². The molecule has 0 atom stereocenters. The van der Waals surface area contributed by atoms with Crippen LogP contribution in [0.4, 0.5) is 0 Å². The van der Waals surface area contributed by atoms with Gasteiger partial charge in [-0.25, -0.2) is 0 Å². The minimum Gasteiger partial charge on any atom is -0.381 e. The molecule has 1 saturated heterocycles. The van der Waals surface area contributed by atoms with Crippen molar-refractivity contribution in [1.29, 1.82) is 0 Å². The molecule has 2 aromatic rings. The zero-order valence-electron chi connectivity index (χ0n) is 12.3. The van der Waals surface area contributed by atoms with Crippen LogP contribution in [-0.2, 0) is 22.5 Å². The van der Waals surface area contributed by atoms with Crippen molar-refractivity contribution in [3.63, 3.8) is 0 Å². The summed E-state index contributed by atoms with van der Waals surface area (Å²) in [5, 5.41) is 6.75. The van der Waals surface area contributed by atoms with E-state index in [1.165, 1.54) is 0 Å². The molecule has 6 nitrogen and oxygen atoms in total. The first-order chi connectivity index (χ1) is 10.8. The summed E-state index contributed by atoms with van der Waals surface area (Å²) in [5.41, 5.74) is 1.06. The maximum absolute atomic E-state index is 11.9. The smallest absolute Gasteiger partial charge is 0.229 e. The molecule has 0 aliphatic carbocycles. The van der Waals surface area contributed by atoms with Crippen LogP contribution in [0.3, 0.4) is 0 Å². The third-order valence-corrected chi connectivity index (χ3v) is 3.71. The molecule has 1 aliphatic heterocycles. The topological polar surface area (TPSA) is 77.2 Å². The summed E-state index contributed by atoms with van der Waals surface area (Å²) in [4.78, 5) is 16.3. The molecule has 22 heavy (non-hydrogen) atoms. The average molecular weight is 301 g/mol. The molecule has 2 heterocycles. The van der Waals surface area contributed by atoms with Crippen LogP contribution in [0.2, 0.25) is 0 Å². The summed E-state index contributed by atoms with van der Waals surface area (Å²) in [5.74, 6) is 1.20. The molecule has 0 radical (unpaired) electrons. The van der Waals surface area contributed by atoms with Crippen molar-refractivity contribution < 1.29 is 14.1 Å². The predicted molar refractivity (Wildman–Crippen MR) is 79.1 cm³/mol. The monoisotopic (exact) mass is 301 g/mol. The summed E-state index contributed by atoms with van der Waals surface area (Å²) >= 11 is 0. The summed E-state index contributed by atoms with van der Waals surface area (Å²) in [7, 11) is 0. The number of benzene rings is 1. The first-order valence-corrected chi connectivity index (χ1v) is 7.52. The second kappa shape index (κ2) is 7.17. The predicted octanol–water partition coefficient (Wildman–Crippen LogP) is 1.82. The van der Waals surface area contributed by atoms with Crippen molar-refractivity contribution in [3.8, 4) is 0 Å². The fraction of sp³-hybridized carbons (Fsp3) is 0.438. The number of nitrogens with zero attached hydrogens (tertiary/aromatic N) is 2. The van der Waals surface area contributed by atoms with Crippen molar-refractivity contribution in [2.45, 2.75) is 31.7 Å². The molecule has 0 spiro atoms. The SMILES string of the molecule is O=C(Cc1noc(C2CCOCC2)n1)NCc1ccccc1. The van der Waals surface area contributed by atoms with Gasteiger partial charge in [-0.2, -0.15) is 4.98 Å². The highest BCUT2D eigenvalue weighted by molar-refractivity contribution is 5.77. The van der Waals surface area contributed by atoms with Crippen molar-refractivity contribution in [2.24, 2.45) is 0 Å². The number of carbonyl (C=O) groups excluding carboxylic acids is 1. The van der Waals surface area contributed by atoms with Crippen molar-refractivity contribution in [2.75, 3.05) is 13.2 Å². The van der Waals surface area contributed by atoms with Gasteiger partial charge in [-0.15, -0.1) is 0 Å². The Hall–Kier alpha value is -2.21. The Morgan fingerprint density at radius 3 is 2.77 bits per heavy atom. The fourth-order valence-corrected chi connectivity index (χ4v) is 2.45. The molecular formula is C16H19N3O3. The zero-order chi connectivity index (χ0) is 15.2. The number of nitrogens with one attached hydrogen (secondary N) is 1. The van der Waals surface area contributed by atoms with Gasteiger partial charge in [0.05, 0.1) is 6.42 Å². The minimum absolute atomic E-state index is 0.108. The lowest BCUT2D eigenvalue weighted by Crippen LogP contribution is -2.25. The van der Waals surface area contributed by atoms with E-state index in [9.17, 15) is 4.79 Å². The van der Waals surface area contributed by atoms with E-state index in [1.807, 2.05) is 30.3 Å². The Bertz CT molecular complexity index is 606. The Morgan fingerprint density at radius 2 is 2.00 bits per heavy atom. The largest absolute Gasteiger partial charge is 0.381 e. The number of amides is 1. The van der Waals surface area contributed by atoms with Gasteiger partial charge in [-0.05, 0) is 18.4 Å². The number of ether oxygens (including phenoxy) is 1. The van der Waals surface area contributed by atoms with Gasteiger partial charge in [0.25, 0.3) is 0 Å². The first kappa shape index (κ1) is 14.7. The van der Waals surface area contributed by atoms with E-state index in [-0.39, 0.29) is 18.2 Å². The molecule has 6 heteroatoms. The lowest BCUT2D eigenvalue weighted by atomic mass is 10.0. The molecule has 1 amide bonds. The first-order valence-electron chi connectivity index (χ1n) is 7.52. The molecule has 116 valence electrons. The molecular weight excluding hydrogens is 282 g/mol. The van der Waals surface area contributed by atoms with E-state index in [0.29, 0.717) is 18.3 Å². The second-order valence-corrected chi connectivity index (χ2v) is 5.37. The van der Waals surface area contributed by atoms with Gasteiger partial charge in [-0.3, -0.25) is 4.79 Å². The van der Waals surface area contributed by atoms with Crippen LogP contribution in [0, 0.1) is 0 Å². The van der Waals surface area contributed by atoms with Crippen LogP contribution in [0.15, 0.2) is 34.9 Å². The van der Waals surface area contributed by atoms with Crippen LogP contribution in [0.1, 0.15) is 36.0 Å². The molecule has 1 aromatic carbocycles. The average Bonchev–Trinajstić information content (AvgIpc) is 3.03. The molecule has 1 aliphatic rings. The van der Waals surface area contributed by atoms with E-state index in [1.54, 1.807) is 0 Å². The quantitative estimate of drug-likeness (QED) is 0.911. The number of hydrogen-bond acceptors (Lipinski definition) is 5. The van der Waals surface area contributed by atoms with E-state index < -0.39 is 0 Å². The Labute approximate surface area is 128 Å². The van der Waals surface area contributed by atoms with Gasteiger partial charge in [0.2, 0.25) is 11.8 Å². The normalized spacial score (nSPS) is 15.6. The highest BCUT2D eigenvalue weighted by Crippen LogP contribution is 2.25. The lowest BCUT2D eigenvalue weighted by molar-refractivity contribution is -0.120. The zero-order valence-corrected chi connectivity index (χ0v) is 12.3. The van der Waals surface area contributed by atoms with Gasteiger partial charge in [0.1, 0.15) is 0 Å². The Kier molecular flexibility index (Phi) is 4.80. The van der Waals surface area contributed by atoms with E-state index in [0.717, 1.165) is 31.6 Å². The number of aromatic nitrogens is 2. The maximum Gasteiger partial charge on any atom is 0.229 e. The van der Waals surface area contributed by atoms with E-state index in [2.05, 4.69) is 15.5 Å². The third-order valence-electron chi connectivity index (χ3n) is 3.71. The van der Waals surface area contributed by atoms with Gasteiger partial charge in [-0.1, -0.05) is 35.5 Å². The van der Waals surface area contributed by atoms with Gasteiger partial charge < -0.3 is 14.6 Å². The van der Waals surface area contributed by atoms with Crippen molar-refractivity contribution >= 4 is 5.91 Å². The number of hydrogen-bond donors (Lipinski definition) is 1. The summed E-state index contributed by atoms with van der Waals surface area (Å²) in [6, 6.07) is 9.78. The summed E-state index contributed by atoms with van der Waals surface area (Å²) < 4.78 is 10.6.